The fourth-order valence-corrected chi connectivity index (χ4v) is 7.25. The van der Waals surface area contributed by atoms with Crippen LogP contribution in [0.1, 0.15) is 0 Å². The van der Waals surface area contributed by atoms with E-state index in [0.29, 0.717) is 6.54 Å². The second-order valence-electron chi connectivity index (χ2n) is 5.45. The lowest BCUT2D eigenvalue weighted by Crippen LogP contribution is -2.36. The second-order valence-corrected chi connectivity index (χ2v) is 9.06. The minimum absolute atomic E-state index is 0.562. The number of rotatable bonds is 6. The highest BCUT2D eigenvalue weighted by Crippen LogP contribution is 2.54. The predicted molar refractivity (Wildman–Crippen MR) is 99.8 cm³/mol. The van der Waals surface area contributed by atoms with Gasteiger partial charge in [-0.2, -0.15) is 0 Å². The Morgan fingerprint density at radius 1 is 0.609 bits per heavy atom. The van der Waals surface area contributed by atoms with Crippen molar-refractivity contribution in [2.45, 2.75) is 0 Å². The summed E-state index contributed by atoms with van der Waals surface area (Å²) in [5.41, 5.74) is 2.36. The van der Waals surface area contributed by atoms with Gasteiger partial charge in [-0.15, -0.1) is 0 Å². The lowest BCUT2D eigenvalue weighted by molar-refractivity contribution is 0.174. The van der Waals surface area contributed by atoms with Crippen LogP contribution < -0.4 is 21.4 Å². The molecule has 23 heavy (non-hydrogen) atoms. The summed E-state index contributed by atoms with van der Waals surface area (Å²) in [5.74, 6) is 0. The van der Waals surface area contributed by atoms with E-state index in [4.69, 9.17) is 0 Å². The summed E-state index contributed by atoms with van der Waals surface area (Å²) >= 11 is 0. The van der Waals surface area contributed by atoms with Crippen LogP contribution in [-0.2, 0) is 0 Å². The molecule has 0 aliphatic rings. The van der Waals surface area contributed by atoms with Gasteiger partial charge < -0.3 is 5.21 Å². The van der Waals surface area contributed by atoms with E-state index in [1.54, 1.807) is 0 Å². The third-order valence-electron chi connectivity index (χ3n) is 4.15. The summed E-state index contributed by atoms with van der Waals surface area (Å²) in [6.07, 6.45) is 0.877. The highest BCUT2D eigenvalue weighted by Gasteiger charge is 2.44. The molecule has 0 amide bonds. The lowest BCUT2D eigenvalue weighted by Gasteiger charge is -2.27. The molecule has 0 aromatic heterocycles. The van der Waals surface area contributed by atoms with Crippen molar-refractivity contribution in [3.8, 4) is 0 Å². The van der Waals surface area contributed by atoms with Crippen LogP contribution in [0.5, 0.6) is 0 Å². The number of nitrogens with one attached hydrogen (secondary N) is 1. The third-order valence-corrected chi connectivity index (χ3v) is 8.58. The molecule has 3 rings (SSSR count). The summed E-state index contributed by atoms with van der Waals surface area (Å²) < 4.78 is 0. The molecule has 0 bridgehead atoms. The molecule has 116 valence electrons. The maximum atomic E-state index is 9.24. The van der Waals surface area contributed by atoms with Crippen molar-refractivity contribution in [1.82, 2.24) is 5.48 Å². The van der Waals surface area contributed by atoms with E-state index in [9.17, 15) is 5.21 Å². The third kappa shape index (κ3) is 3.20. The van der Waals surface area contributed by atoms with E-state index in [0.717, 1.165) is 6.16 Å². The van der Waals surface area contributed by atoms with Gasteiger partial charge in [0.05, 0.1) is 12.7 Å². The fraction of sp³-hybridized carbons (Fsp3) is 0.100. The van der Waals surface area contributed by atoms with Gasteiger partial charge in [0, 0.05) is 0 Å². The molecule has 3 heteroatoms. The van der Waals surface area contributed by atoms with E-state index in [1.165, 1.54) is 15.9 Å². The van der Waals surface area contributed by atoms with Crippen LogP contribution in [0.2, 0.25) is 0 Å². The van der Waals surface area contributed by atoms with Gasteiger partial charge in [0.2, 0.25) is 0 Å². The summed E-state index contributed by atoms with van der Waals surface area (Å²) in [7, 11) is -1.79. The van der Waals surface area contributed by atoms with Gasteiger partial charge >= 0.3 is 0 Å². The van der Waals surface area contributed by atoms with Gasteiger partial charge in [-0.3, -0.25) is 0 Å². The Balaban J connectivity index is 2.25. The number of hydrogen-bond donors (Lipinski definition) is 2. The Bertz CT molecular complexity index is 620. The largest absolute Gasteiger partial charge is 0.317 e. The molecule has 2 N–H and O–H groups in total. The van der Waals surface area contributed by atoms with Crippen LogP contribution in [0, 0.1) is 0 Å². The van der Waals surface area contributed by atoms with Crippen LogP contribution in [0.25, 0.3) is 0 Å². The van der Waals surface area contributed by atoms with E-state index in [2.05, 4.69) is 96.5 Å². The Hall–Kier alpha value is -1.99. The molecule has 3 aromatic carbocycles. The Morgan fingerprint density at radius 3 is 1.26 bits per heavy atom. The smallest absolute Gasteiger partial charge is 0.113 e. The summed E-state index contributed by atoms with van der Waals surface area (Å²) in [6.45, 7) is 0.562. The van der Waals surface area contributed by atoms with Crippen molar-refractivity contribution >= 4 is 23.2 Å². The molecular weight excluding hydrogens is 301 g/mol. The zero-order chi connectivity index (χ0) is 16.0. The lowest BCUT2D eigenvalue weighted by atomic mass is 10.4. The fourth-order valence-electron chi connectivity index (χ4n) is 3.10. The Labute approximate surface area is 138 Å². The SMILES string of the molecule is ONCC[P+](c1ccccc1)(c1ccccc1)c1ccccc1. The quantitative estimate of drug-likeness (QED) is 0.540. The van der Waals surface area contributed by atoms with E-state index in [1.807, 2.05) is 0 Å². The van der Waals surface area contributed by atoms with Crippen molar-refractivity contribution in [3.63, 3.8) is 0 Å². The zero-order valence-corrected chi connectivity index (χ0v) is 13.9. The normalized spacial score (nSPS) is 11.3. The van der Waals surface area contributed by atoms with Gasteiger partial charge in [0.1, 0.15) is 23.2 Å². The molecule has 0 fully saturated rings. The van der Waals surface area contributed by atoms with Crippen LogP contribution in [0.3, 0.4) is 0 Å². The first-order chi connectivity index (χ1) is 11.4. The number of hydroxylamine groups is 1. The van der Waals surface area contributed by atoms with Crippen LogP contribution >= 0.6 is 7.26 Å². The average Bonchev–Trinajstić information content (AvgIpc) is 2.65. The molecule has 0 atom stereocenters. The standard InChI is InChI=1S/C20H21NOP/c22-21-16-17-23(18-10-4-1-5-11-18,19-12-6-2-7-13-19)20-14-8-3-9-15-20/h1-15,21-22H,16-17H2/q+1. The topological polar surface area (TPSA) is 32.3 Å². The van der Waals surface area contributed by atoms with Gasteiger partial charge in [0.15, 0.2) is 0 Å². The number of benzene rings is 3. The molecule has 0 radical (unpaired) electrons. The van der Waals surface area contributed by atoms with Crippen LogP contribution in [0.15, 0.2) is 91.0 Å². The van der Waals surface area contributed by atoms with Crippen molar-refractivity contribution in [1.29, 1.82) is 0 Å². The minimum atomic E-state index is -1.79. The summed E-state index contributed by atoms with van der Waals surface area (Å²) in [5, 5.41) is 13.3. The van der Waals surface area contributed by atoms with Crippen LogP contribution in [0.4, 0.5) is 0 Å². The second kappa shape index (κ2) is 7.52. The van der Waals surface area contributed by atoms with Crippen molar-refractivity contribution in [2.24, 2.45) is 0 Å². The van der Waals surface area contributed by atoms with E-state index < -0.39 is 7.26 Å². The molecule has 2 nitrogen and oxygen atoms in total. The Morgan fingerprint density at radius 2 is 0.957 bits per heavy atom. The van der Waals surface area contributed by atoms with Crippen molar-refractivity contribution in [3.05, 3.63) is 91.0 Å². The Kier molecular flexibility index (Phi) is 5.19. The van der Waals surface area contributed by atoms with Gasteiger partial charge in [-0.25, -0.2) is 5.48 Å². The first-order valence-corrected chi connectivity index (χ1v) is 9.77. The highest BCUT2D eigenvalue weighted by molar-refractivity contribution is 7.95. The molecule has 0 aliphatic carbocycles. The maximum absolute atomic E-state index is 9.24. The first-order valence-electron chi connectivity index (χ1n) is 7.80. The van der Waals surface area contributed by atoms with Crippen molar-refractivity contribution < 1.29 is 5.21 Å². The molecule has 0 aliphatic heterocycles. The molecular formula is C20H21NOP+. The molecule has 0 saturated carbocycles. The molecule has 0 spiro atoms. The van der Waals surface area contributed by atoms with Gasteiger partial charge in [0.25, 0.3) is 0 Å². The summed E-state index contributed by atoms with van der Waals surface area (Å²) in [4.78, 5) is 0. The summed E-state index contributed by atoms with van der Waals surface area (Å²) in [6, 6.07) is 32.0. The zero-order valence-electron chi connectivity index (χ0n) is 13.0. The monoisotopic (exact) mass is 322 g/mol. The molecule has 0 saturated heterocycles. The maximum Gasteiger partial charge on any atom is 0.113 e. The molecule has 0 heterocycles. The van der Waals surface area contributed by atoms with Crippen molar-refractivity contribution in [2.75, 3.05) is 12.7 Å². The molecule has 0 unspecified atom stereocenters. The average molecular weight is 322 g/mol. The molecule has 3 aromatic rings. The van der Waals surface area contributed by atoms with E-state index >= 15 is 0 Å². The van der Waals surface area contributed by atoms with Gasteiger partial charge in [-0.05, 0) is 36.4 Å². The van der Waals surface area contributed by atoms with Gasteiger partial charge in [-0.1, -0.05) is 54.6 Å². The van der Waals surface area contributed by atoms with E-state index in [-0.39, 0.29) is 0 Å². The minimum Gasteiger partial charge on any atom is -0.317 e. The first kappa shape index (κ1) is 15.9. The highest BCUT2D eigenvalue weighted by atomic mass is 31.2. The van der Waals surface area contributed by atoms with Crippen LogP contribution in [-0.4, -0.2) is 17.9 Å². The predicted octanol–water partition coefficient (Wildman–Crippen LogP) is 2.96. The number of hydrogen-bond acceptors (Lipinski definition) is 2.